The first-order chi connectivity index (χ1) is 9.24. The van der Waals surface area contributed by atoms with E-state index in [9.17, 15) is 0 Å². The molecule has 0 fully saturated rings. The first-order valence-electron chi connectivity index (χ1n) is 5.81. The van der Waals surface area contributed by atoms with Crippen LogP contribution in [0.25, 0.3) is 0 Å². The van der Waals surface area contributed by atoms with Crippen molar-refractivity contribution in [2.45, 2.75) is 6.92 Å². The van der Waals surface area contributed by atoms with Crippen LogP contribution in [0.1, 0.15) is 5.56 Å². The number of para-hydroxylation sites is 1. The molecule has 2 aromatic carbocycles. The Kier molecular flexibility index (Phi) is 4.46. The van der Waals surface area contributed by atoms with Crippen LogP contribution < -0.4 is 19.0 Å². The molecule has 0 aliphatic carbocycles. The van der Waals surface area contributed by atoms with E-state index in [0.29, 0.717) is 0 Å². The zero-order valence-electron chi connectivity index (χ0n) is 10.8. The number of aryl methyl sites for hydroxylation is 1. The number of nitriles is 1. The zero-order chi connectivity index (χ0) is 13.7. The Bertz CT molecular complexity index is 620. The molecule has 3 nitrogen and oxygen atoms in total. The van der Waals surface area contributed by atoms with Gasteiger partial charge in [0.2, 0.25) is 0 Å². The van der Waals surface area contributed by atoms with Crippen molar-refractivity contribution in [2.24, 2.45) is 0 Å². The van der Waals surface area contributed by atoms with Gasteiger partial charge < -0.3 is 0 Å². The summed E-state index contributed by atoms with van der Waals surface area (Å²) in [7, 11) is 1.68. The summed E-state index contributed by atoms with van der Waals surface area (Å²) in [4.78, 5) is 0. The van der Waals surface area contributed by atoms with E-state index in [1.807, 2.05) is 36.5 Å². The van der Waals surface area contributed by atoms with Crippen LogP contribution >= 0.6 is 0 Å². The van der Waals surface area contributed by atoms with Crippen LogP contribution in [0.3, 0.4) is 0 Å². The number of methoxy groups -OCH3 is 1. The quantitative estimate of drug-likeness (QED) is 0.529. The van der Waals surface area contributed by atoms with E-state index in [4.69, 9.17) is 10.00 Å². The molecule has 4 heteroatoms. The average molecular weight is 317 g/mol. The molecule has 0 bridgehead atoms. The number of anilines is 1. The third kappa shape index (κ3) is 3.29. The van der Waals surface area contributed by atoms with Gasteiger partial charge in [-0.1, -0.05) is 0 Å². The average Bonchev–Trinajstić information content (AvgIpc) is 2.42. The fourth-order valence-corrected chi connectivity index (χ4v) is 4.03. The van der Waals surface area contributed by atoms with E-state index >= 15 is 0 Å². The second kappa shape index (κ2) is 6.28. The van der Waals surface area contributed by atoms with Crippen LogP contribution in [-0.4, -0.2) is 22.1 Å². The number of nitrogens with one attached hydrogen (secondary N) is 1. The van der Waals surface area contributed by atoms with Gasteiger partial charge in [-0.05, 0) is 0 Å². The van der Waals surface area contributed by atoms with E-state index in [-0.39, 0.29) is 15.0 Å². The third-order valence-corrected chi connectivity index (χ3v) is 4.96. The van der Waals surface area contributed by atoms with E-state index < -0.39 is 0 Å². The van der Waals surface area contributed by atoms with Crippen molar-refractivity contribution in [3.63, 3.8) is 0 Å². The molecule has 2 rings (SSSR count). The minimum atomic E-state index is 0.0950. The second-order valence-electron chi connectivity index (χ2n) is 3.99. The molecule has 0 amide bonds. The minimum absolute atomic E-state index is 0.0950. The fraction of sp³-hybridized carbons (Fsp3) is 0.133. The van der Waals surface area contributed by atoms with E-state index in [1.54, 1.807) is 7.11 Å². The normalized spacial score (nSPS) is 9.74. The van der Waals surface area contributed by atoms with E-state index in [0.717, 1.165) is 15.9 Å². The molecule has 0 saturated carbocycles. The fourth-order valence-electron chi connectivity index (χ4n) is 1.70. The summed E-state index contributed by atoms with van der Waals surface area (Å²) in [6.07, 6.45) is 1.99. The van der Waals surface area contributed by atoms with Gasteiger partial charge in [0.1, 0.15) is 0 Å². The molecule has 0 aromatic heterocycles. The molecule has 0 aliphatic rings. The number of rotatable bonds is 4. The van der Waals surface area contributed by atoms with Crippen LogP contribution in [0.5, 0.6) is 5.75 Å². The maximum atomic E-state index is 8.80. The van der Waals surface area contributed by atoms with Crippen LogP contribution in [0.15, 0.2) is 42.5 Å². The van der Waals surface area contributed by atoms with Crippen LogP contribution in [0.4, 0.5) is 5.69 Å². The summed E-state index contributed by atoms with van der Waals surface area (Å²) < 4.78 is 7.70. The standard InChI is InChI=1S/C15H14N2OSe/c1-11-7-8-12(17-10-16)15(9-11)19-14-6-4-3-5-13(14)18-2/h3-9,17H,1-2H3. The summed E-state index contributed by atoms with van der Waals surface area (Å²) in [5.74, 6) is 0.895. The Hall–Kier alpha value is -1.95. The molecule has 0 radical (unpaired) electrons. The second-order valence-corrected chi connectivity index (χ2v) is 6.26. The Morgan fingerprint density at radius 3 is 2.68 bits per heavy atom. The van der Waals surface area contributed by atoms with Crippen molar-refractivity contribution >= 4 is 29.6 Å². The number of benzene rings is 2. The molecule has 96 valence electrons. The molecule has 0 saturated heterocycles. The number of nitrogens with zero attached hydrogens (tertiary/aromatic N) is 1. The molecular weight excluding hydrogens is 303 g/mol. The summed E-state index contributed by atoms with van der Waals surface area (Å²) in [6, 6.07) is 14.1. The summed E-state index contributed by atoms with van der Waals surface area (Å²) in [5, 5.41) is 11.5. The number of hydrogen-bond acceptors (Lipinski definition) is 3. The maximum absolute atomic E-state index is 8.80. The Balaban J connectivity index is 2.37. The third-order valence-electron chi connectivity index (χ3n) is 2.62. The molecule has 0 heterocycles. The number of ether oxygens (including phenoxy) is 1. The van der Waals surface area contributed by atoms with Crippen molar-refractivity contribution in [3.05, 3.63) is 48.0 Å². The van der Waals surface area contributed by atoms with Gasteiger partial charge in [-0.25, -0.2) is 0 Å². The topological polar surface area (TPSA) is 45.0 Å². The van der Waals surface area contributed by atoms with Gasteiger partial charge in [-0.15, -0.1) is 0 Å². The van der Waals surface area contributed by atoms with Crippen molar-refractivity contribution in [3.8, 4) is 11.9 Å². The van der Waals surface area contributed by atoms with Gasteiger partial charge in [0.05, 0.1) is 0 Å². The Morgan fingerprint density at radius 2 is 1.95 bits per heavy atom. The van der Waals surface area contributed by atoms with Crippen LogP contribution in [0.2, 0.25) is 0 Å². The van der Waals surface area contributed by atoms with Gasteiger partial charge >= 0.3 is 119 Å². The monoisotopic (exact) mass is 318 g/mol. The summed E-state index contributed by atoms with van der Waals surface area (Å²) >= 11 is 0.0950. The molecule has 19 heavy (non-hydrogen) atoms. The SMILES string of the molecule is COc1ccccc1[Se]c1cc(C)ccc1NC#N. The Morgan fingerprint density at radius 1 is 1.16 bits per heavy atom. The summed E-state index contributed by atoms with van der Waals surface area (Å²) in [5.41, 5.74) is 2.06. The number of hydrogen-bond donors (Lipinski definition) is 1. The van der Waals surface area contributed by atoms with Gasteiger partial charge in [-0.2, -0.15) is 0 Å². The predicted molar refractivity (Wildman–Crippen MR) is 78.4 cm³/mol. The van der Waals surface area contributed by atoms with Crippen molar-refractivity contribution in [1.82, 2.24) is 0 Å². The molecule has 2 aromatic rings. The van der Waals surface area contributed by atoms with Gasteiger partial charge in [0, 0.05) is 0 Å². The predicted octanol–water partition coefficient (Wildman–Crippen LogP) is 1.55. The van der Waals surface area contributed by atoms with Crippen LogP contribution in [0, 0.1) is 18.4 Å². The molecule has 0 aliphatic heterocycles. The van der Waals surface area contributed by atoms with Gasteiger partial charge in [0.15, 0.2) is 0 Å². The molecule has 0 atom stereocenters. The van der Waals surface area contributed by atoms with Crippen LogP contribution in [-0.2, 0) is 0 Å². The van der Waals surface area contributed by atoms with Crippen molar-refractivity contribution in [2.75, 3.05) is 12.4 Å². The molecule has 0 unspecified atom stereocenters. The Labute approximate surface area is 119 Å². The molecule has 1 N–H and O–H groups in total. The molecular formula is C15H14N2OSe. The van der Waals surface area contributed by atoms with Gasteiger partial charge in [0.25, 0.3) is 0 Å². The van der Waals surface area contributed by atoms with Crippen molar-refractivity contribution in [1.29, 1.82) is 5.26 Å². The van der Waals surface area contributed by atoms with Gasteiger partial charge in [-0.3, -0.25) is 0 Å². The van der Waals surface area contributed by atoms with E-state index in [2.05, 4.69) is 24.4 Å². The molecule has 0 spiro atoms. The zero-order valence-corrected chi connectivity index (χ0v) is 12.5. The first-order valence-corrected chi connectivity index (χ1v) is 7.52. The first kappa shape index (κ1) is 13.5. The van der Waals surface area contributed by atoms with E-state index in [1.165, 1.54) is 10.0 Å². The summed E-state index contributed by atoms with van der Waals surface area (Å²) in [6.45, 7) is 2.05. The van der Waals surface area contributed by atoms with Crippen molar-refractivity contribution < 1.29 is 4.74 Å².